The number of hydrogen-bond donors (Lipinski definition) is 4. The van der Waals surface area contributed by atoms with Gasteiger partial charge in [0.1, 0.15) is 12.7 Å². The molecule has 0 aromatic carbocycles. The SMILES string of the molecule is CCCCCCCCCCCCCCCCCCCCCC(=O)OCC(O)COP(=O)(O)OCC(NC(=O)CCCCCCCCCCCCCCCCCC)C(=O)O. The molecule has 0 radical (unpaired) electrons. The van der Waals surface area contributed by atoms with Crippen LogP contribution in [0.5, 0.6) is 0 Å². The maximum atomic E-state index is 12.3. The quantitative estimate of drug-likeness (QED) is 0.0262. The second-order valence-corrected chi connectivity index (χ2v) is 18.5. The molecule has 1 amide bonds. The Morgan fingerprint density at radius 3 is 1.12 bits per heavy atom. The third-order valence-electron chi connectivity index (χ3n) is 11.1. The van der Waals surface area contributed by atoms with E-state index in [1.807, 2.05) is 0 Å². The second-order valence-electron chi connectivity index (χ2n) is 17.0. The van der Waals surface area contributed by atoms with Crippen LogP contribution in [-0.4, -0.2) is 64.9 Å². The standard InChI is InChI=1S/C47H92NO10P/c1-3-5-7-9-11-13-15-17-19-21-22-23-25-27-29-31-33-35-37-39-46(51)56-40-43(49)41-57-59(54,55)58-42-44(47(52)53)48-45(50)38-36-34-32-30-28-26-24-20-18-16-14-12-10-8-6-4-2/h43-44,49H,3-42H2,1-2H3,(H,48,50)(H,52,53)(H,54,55). The predicted molar refractivity (Wildman–Crippen MR) is 240 cm³/mol. The van der Waals surface area contributed by atoms with Gasteiger partial charge in [-0.2, -0.15) is 0 Å². The molecule has 59 heavy (non-hydrogen) atoms. The number of phosphoric ester groups is 1. The highest BCUT2D eigenvalue weighted by Crippen LogP contribution is 2.43. The van der Waals surface area contributed by atoms with E-state index in [4.69, 9.17) is 13.8 Å². The molecule has 4 N–H and O–H groups in total. The molecule has 11 nitrogen and oxygen atoms in total. The van der Waals surface area contributed by atoms with Gasteiger partial charge >= 0.3 is 19.8 Å². The van der Waals surface area contributed by atoms with Gasteiger partial charge in [-0.1, -0.05) is 226 Å². The number of ether oxygens (including phenoxy) is 1. The van der Waals surface area contributed by atoms with Crippen LogP contribution in [0.15, 0.2) is 0 Å². The maximum Gasteiger partial charge on any atom is 0.472 e. The second kappa shape index (κ2) is 43.1. The van der Waals surface area contributed by atoms with E-state index >= 15 is 0 Å². The Labute approximate surface area is 361 Å². The van der Waals surface area contributed by atoms with Crippen molar-refractivity contribution in [3.8, 4) is 0 Å². The minimum Gasteiger partial charge on any atom is -0.480 e. The van der Waals surface area contributed by atoms with Crippen LogP contribution in [0.2, 0.25) is 0 Å². The van der Waals surface area contributed by atoms with Crippen LogP contribution < -0.4 is 5.32 Å². The third kappa shape index (κ3) is 42.9. The van der Waals surface area contributed by atoms with Gasteiger partial charge in [0.2, 0.25) is 5.91 Å². The van der Waals surface area contributed by atoms with Crippen molar-refractivity contribution in [2.24, 2.45) is 0 Å². The normalized spacial score (nSPS) is 13.6. The summed E-state index contributed by atoms with van der Waals surface area (Å²) in [5.74, 6) is -2.35. The van der Waals surface area contributed by atoms with E-state index in [0.29, 0.717) is 12.8 Å². The van der Waals surface area contributed by atoms with Crippen molar-refractivity contribution in [1.29, 1.82) is 0 Å². The number of carbonyl (C=O) groups is 3. The van der Waals surface area contributed by atoms with Gasteiger partial charge in [-0.05, 0) is 12.8 Å². The van der Waals surface area contributed by atoms with Crippen molar-refractivity contribution >= 4 is 25.7 Å². The lowest BCUT2D eigenvalue weighted by molar-refractivity contribution is -0.147. The van der Waals surface area contributed by atoms with Crippen LogP contribution in [0.3, 0.4) is 0 Å². The molecule has 0 aliphatic carbocycles. The number of carboxylic acid groups (broad SMARTS) is 1. The number of phosphoric acid groups is 1. The molecular weight excluding hydrogens is 769 g/mol. The molecule has 0 aliphatic rings. The highest BCUT2D eigenvalue weighted by Gasteiger charge is 2.28. The number of unbranched alkanes of at least 4 members (excludes halogenated alkanes) is 33. The van der Waals surface area contributed by atoms with Crippen LogP contribution in [0, 0.1) is 0 Å². The molecule has 0 saturated heterocycles. The molecule has 350 valence electrons. The largest absolute Gasteiger partial charge is 0.480 e. The van der Waals surface area contributed by atoms with E-state index in [2.05, 4.69) is 19.2 Å². The van der Waals surface area contributed by atoms with E-state index < -0.39 is 57.6 Å². The number of aliphatic carboxylic acids is 1. The summed E-state index contributed by atoms with van der Waals surface area (Å²) in [6, 6.07) is -1.54. The Hall–Kier alpha value is -1.52. The minimum absolute atomic E-state index is 0.153. The third-order valence-corrected chi connectivity index (χ3v) is 12.1. The van der Waals surface area contributed by atoms with Gasteiger partial charge in [0.05, 0.1) is 13.2 Å². The van der Waals surface area contributed by atoms with Gasteiger partial charge in [-0.15, -0.1) is 0 Å². The number of esters is 1. The fourth-order valence-corrected chi connectivity index (χ4v) is 8.09. The molecule has 0 aromatic heterocycles. The summed E-state index contributed by atoms with van der Waals surface area (Å²) < 4.78 is 26.9. The van der Waals surface area contributed by atoms with E-state index in [1.165, 1.54) is 173 Å². The summed E-state index contributed by atoms with van der Waals surface area (Å²) in [7, 11) is -4.75. The topological polar surface area (TPSA) is 169 Å². The number of aliphatic hydroxyl groups excluding tert-OH is 1. The van der Waals surface area contributed by atoms with Crippen molar-refractivity contribution in [2.45, 2.75) is 264 Å². The number of hydrogen-bond acceptors (Lipinski definition) is 8. The highest BCUT2D eigenvalue weighted by molar-refractivity contribution is 7.47. The van der Waals surface area contributed by atoms with Crippen molar-refractivity contribution in [1.82, 2.24) is 5.32 Å². The van der Waals surface area contributed by atoms with Gasteiger partial charge in [-0.25, -0.2) is 9.36 Å². The van der Waals surface area contributed by atoms with Crippen molar-refractivity contribution in [3.63, 3.8) is 0 Å². The summed E-state index contributed by atoms with van der Waals surface area (Å²) in [6.45, 7) is 2.65. The first-order valence-electron chi connectivity index (χ1n) is 24.6. The van der Waals surface area contributed by atoms with Crippen LogP contribution in [0.25, 0.3) is 0 Å². The smallest absolute Gasteiger partial charge is 0.472 e. The Morgan fingerprint density at radius 2 is 0.780 bits per heavy atom. The van der Waals surface area contributed by atoms with Gasteiger partial charge in [0, 0.05) is 12.8 Å². The highest BCUT2D eigenvalue weighted by atomic mass is 31.2. The monoisotopic (exact) mass is 862 g/mol. The Kier molecular flexibility index (Phi) is 42.0. The average Bonchev–Trinajstić information content (AvgIpc) is 3.21. The van der Waals surface area contributed by atoms with E-state index in [1.54, 1.807) is 0 Å². The molecule has 0 spiro atoms. The number of rotatable bonds is 47. The number of carbonyl (C=O) groups excluding carboxylic acids is 2. The maximum absolute atomic E-state index is 12.3. The summed E-state index contributed by atoms with van der Waals surface area (Å²) in [6.07, 6.45) is 42.6. The zero-order chi connectivity index (χ0) is 43.5. The summed E-state index contributed by atoms with van der Waals surface area (Å²) >= 11 is 0. The molecule has 0 bridgehead atoms. The lowest BCUT2D eigenvalue weighted by Crippen LogP contribution is -2.43. The predicted octanol–water partition coefficient (Wildman–Crippen LogP) is 13.1. The van der Waals surface area contributed by atoms with E-state index in [-0.39, 0.29) is 12.8 Å². The number of carboxylic acids is 1. The summed E-state index contributed by atoms with van der Waals surface area (Å²) in [5, 5.41) is 21.9. The van der Waals surface area contributed by atoms with Crippen molar-refractivity contribution in [3.05, 3.63) is 0 Å². The molecule has 12 heteroatoms. The lowest BCUT2D eigenvalue weighted by atomic mass is 10.0. The van der Waals surface area contributed by atoms with Gasteiger partial charge in [-0.3, -0.25) is 18.6 Å². The molecule has 0 saturated carbocycles. The van der Waals surface area contributed by atoms with Crippen LogP contribution in [0.4, 0.5) is 0 Å². The average molecular weight is 862 g/mol. The molecule has 3 unspecified atom stereocenters. The van der Waals surface area contributed by atoms with Gasteiger partial charge < -0.3 is 25.2 Å². The fraction of sp³-hybridized carbons (Fsp3) is 0.936. The molecule has 0 rings (SSSR count). The molecule has 0 aromatic rings. The Bertz CT molecular complexity index is 1020. The van der Waals surface area contributed by atoms with Gasteiger partial charge in [0.25, 0.3) is 0 Å². The minimum atomic E-state index is -4.75. The van der Waals surface area contributed by atoms with E-state index in [9.17, 15) is 34.1 Å². The first kappa shape index (κ1) is 57.5. The van der Waals surface area contributed by atoms with Crippen molar-refractivity contribution < 1.29 is 47.8 Å². The first-order valence-corrected chi connectivity index (χ1v) is 26.1. The summed E-state index contributed by atoms with van der Waals surface area (Å²) in [5.41, 5.74) is 0. The van der Waals surface area contributed by atoms with Crippen LogP contribution in [-0.2, 0) is 32.7 Å². The fourth-order valence-electron chi connectivity index (χ4n) is 7.32. The van der Waals surface area contributed by atoms with Crippen LogP contribution >= 0.6 is 7.82 Å². The number of amides is 1. The molecule has 0 aliphatic heterocycles. The van der Waals surface area contributed by atoms with Gasteiger partial charge in [0.15, 0.2) is 6.04 Å². The molecule has 0 heterocycles. The first-order chi connectivity index (χ1) is 28.6. The van der Waals surface area contributed by atoms with Crippen molar-refractivity contribution in [2.75, 3.05) is 19.8 Å². The van der Waals surface area contributed by atoms with E-state index in [0.717, 1.165) is 38.5 Å². The Morgan fingerprint density at radius 1 is 0.475 bits per heavy atom. The molecular formula is C47H92NO10P. The summed E-state index contributed by atoms with van der Waals surface area (Å²) in [4.78, 5) is 46.0. The lowest BCUT2D eigenvalue weighted by Gasteiger charge is -2.18. The molecule has 3 atom stereocenters. The Balaban J connectivity index is 3.80. The zero-order valence-corrected chi connectivity index (χ0v) is 39.0. The number of aliphatic hydroxyl groups is 1. The molecule has 0 fully saturated rings. The number of nitrogens with one attached hydrogen (secondary N) is 1. The van der Waals surface area contributed by atoms with Crippen LogP contribution in [0.1, 0.15) is 251 Å². The zero-order valence-electron chi connectivity index (χ0n) is 38.1.